The maximum Gasteiger partial charge on any atom is 0.343 e. The molecule has 0 bridgehead atoms. The van der Waals surface area contributed by atoms with Crippen molar-refractivity contribution in [1.82, 2.24) is 0 Å². The van der Waals surface area contributed by atoms with E-state index in [1.54, 1.807) is 30.4 Å². The van der Waals surface area contributed by atoms with Crippen LogP contribution in [0.5, 0.6) is 5.75 Å². The number of methoxy groups -OCH3 is 1. The van der Waals surface area contributed by atoms with Crippen molar-refractivity contribution >= 4 is 44.4 Å². The van der Waals surface area contributed by atoms with Gasteiger partial charge in [-0.05, 0) is 23.5 Å². The quantitative estimate of drug-likeness (QED) is 0.145. The van der Waals surface area contributed by atoms with Crippen molar-refractivity contribution in [2.45, 2.75) is 0 Å². The van der Waals surface area contributed by atoms with E-state index in [1.807, 2.05) is 4.90 Å². The third kappa shape index (κ3) is 6.18. The van der Waals surface area contributed by atoms with Crippen LogP contribution in [0.3, 0.4) is 0 Å². The molecule has 0 spiro atoms. The minimum atomic E-state index is -0.780. The van der Waals surface area contributed by atoms with Crippen LogP contribution in [0.15, 0.2) is 59.8 Å². The number of thiophene rings is 1. The highest BCUT2D eigenvalue weighted by Crippen LogP contribution is 2.43. The third-order valence-electron chi connectivity index (χ3n) is 3.89. The summed E-state index contributed by atoms with van der Waals surface area (Å²) in [5.41, 5.74) is 0.323. The Kier molecular flexibility index (Phi) is 8.53. The van der Waals surface area contributed by atoms with Gasteiger partial charge in [0.05, 0.1) is 17.0 Å². The molecule has 0 saturated heterocycles. The number of carbonyl (C=O) groups is 1. The van der Waals surface area contributed by atoms with Crippen LogP contribution in [0.4, 0.5) is 27.1 Å². The molecule has 1 aromatic heterocycles. The fourth-order valence-electron chi connectivity index (χ4n) is 2.44. The first-order valence-corrected chi connectivity index (χ1v) is 9.77. The molecule has 12 nitrogen and oxygen atoms in total. The zero-order valence-electron chi connectivity index (χ0n) is 17.0. The average molecular weight is 461 g/mol. The number of azo groups is 1. The average Bonchev–Trinajstić information content (AvgIpc) is 3.21. The number of anilines is 1. The number of ether oxygens (including phenoxy) is 2. The standard InChI is InChI=1S/C19H19N5O7S/c1-4-8-22(9-5-2)13-6-7-14(16(10-13)31-12-18(25)30-3)20-21-19-15(23(26)27)11-17(32-19)24(28)29/h4-7,10-11H,1-2,8-9,12H2,3H3. The lowest BCUT2D eigenvalue weighted by Gasteiger charge is -2.22. The molecule has 32 heavy (non-hydrogen) atoms. The summed E-state index contributed by atoms with van der Waals surface area (Å²) in [7, 11) is 1.21. The van der Waals surface area contributed by atoms with E-state index >= 15 is 0 Å². The van der Waals surface area contributed by atoms with Gasteiger partial charge in [-0.1, -0.05) is 12.2 Å². The van der Waals surface area contributed by atoms with E-state index in [4.69, 9.17) is 4.74 Å². The number of nitro groups is 2. The van der Waals surface area contributed by atoms with Gasteiger partial charge >= 0.3 is 16.7 Å². The van der Waals surface area contributed by atoms with Crippen LogP contribution in [0, 0.1) is 20.2 Å². The van der Waals surface area contributed by atoms with Gasteiger partial charge in [0.25, 0.3) is 0 Å². The molecule has 2 rings (SSSR count). The number of esters is 1. The molecule has 1 heterocycles. The largest absolute Gasteiger partial charge is 0.479 e. The summed E-state index contributed by atoms with van der Waals surface area (Å²) >= 11 is 0.518. The summed E-state index contributed by atoms with van der Waals surface area (Å²) in [6.45, 7) is 8.04. The number of rotatable bonds is 12. The van der Waals surface area contributed by atoms with Gasteiger partial charge in [-0.2, -0.15) is 0 Å². The van der Waals surface area contributed by atoms with Gasteiger partial charge in [0.1, 0.15) is 17.5 Å². The molecular formula is C19H19N5O7S. The predicted molar refractivity (Wildman–Crippen MR) is 118 cm³/mol. The SMILES string of the molecule is C=CCN(CC=C)c1ccc(N=Nc2sc([N+](=O)[O-])cc2[N+](=O)[O-])c(OCC(=O)OC)c1. The molecule has 0 aliphatic rings. The van der Waals surface area contributed by atoms with Crippen LogP contribution in [0.25, 0.3) is 0 Å². The maximum atomic E-state index is 11.5. The van der Waals surface area contributed by atoms with Crippen molar-refractivity contribution in [1.29, 1.82) is 0 Å². The minimum absolute atomic E-state index is 0.153. The summed E-state index contributed by atoms with van der Waals surface area (Å²) < 4.78 is 10.1. The first kappa shape index (κ1) is 24.1. The van der Waals surface area contributed by atoms with E-state index in [9.17, 15) is 25.0 Å². The summed E-state index contributed by atoms with van der Waals surface area (Å²) in [6, 6.07) is 5.67. The Hall–Kier alpha value is -4.13. The van der Waals surface area contributed by atoms with E-state index in [0.29, 0.717) is 30.1 Å². The van der Waals surface area contributed by atoms with Crippen molar-refractivity contribution in [3.63, 3.8) is 0 Å². The van der Waals surface area contributed by atoms with Gasteiger partial charge < -0.3 is 14.4 Å². The minimum Gasteiger partial charge on any atom is -0.479 e. The summed E-state index contributed by atoms with van der Waals surface area (Å²) in [5.74, 6) is -0.472. The summed E-state index contributed by atoms with van der Waals surface area (Å²) in [5, 5.41) is 29.2. The van der Waals surface area contributed by atoms with Crippen LogP contribution in [-0.4, -0.2) is 42.6 Å². The Bertz CT molecular complexity index is 1060. The fraction of sp³-hybridized carbons (Fsp3) is 0.211. The summed E-state index contributed by atoms with van der Waals surface area (Å²) in [4.78, 5) is 34.0. The van der Waals surface area contributed by atoms with Gasteiger partial charge in [0, 0.05) is 24.8 Å². The van der Waals surface area contributed by atoms with E-state index in [2.05, 4.69) is 28.1 Å². The van der Waals surface area contributed by atoms with Gasteiger partial charge in [-0.3, -0.25) is 20.2 Å². The molecule has 0 N–H and O–H groups in total. The van der Waals surface area contributed by atoms with Crippen LogP contribution in [0.2, 0.25) is 0 Å². The third-order valence-corrected chi connectivity index (χ3v) is 4.85. The number of carbonyl (C=O) groups excluding carboxylic acids is 1. The Labute approximate surface area is 186 Å². The molecule has 0 aliphatic heterocycles. The highest BCUT2D eigenvalue weighted by molar-refractivity contribution is 7.19. The first-order valence-electron chi connectivity index (χ1n) is 8.95. The lowest BCUT2D eigenvalue weighted by Crippen LogP contribution is -2.23. The Morgan fingerprint density at radius 1 is 1.16 bits per heavy atom. The molecule has 0 saturated carbocycles. The molecule has 2 aromatic rings. The monoisotopic (exact) mass is 461 g/mol. The number of hydrogen-bond acceptors (Lipinski definition) is 11. The van der Waals surface area contributed by atoms with Gasteiger partial charge in [0.2, 0.25) is 5.00 Å². The lowest BCUT2D eigenvalue weighted by atomic mass is 10.2. The van der Waals surface area contributed by atoms with Crippen molar-refractivity contribution in [2.75, 3.05) is 31.7 Å². The molecule has 13 heteroatoms. The van der Waals surface area contributed by atoms with E-state index in [-0.39, 0.29) is 16.4 Å². The van der Waals surface area contributed by atoms with Gasteiger partial charge in [-0.25, -0.2) is 4.79 Å². The number of hydrogen-bond donors (Lipinski definition) is 0. The predicted octanol–water partition coefficient (Wildman–Crippen LogP) is 4.71. The smallest absolute Gasteiger partial charge is 0.343 e. The molecular weight excluding hydrogens is 442 g/mol. The Morgan fingerprint density at radius 2 is 1.84 bits per heavy atom. The lowest BCUT2D eigenvalue weighted by molar-refractivity contribution is -0.389. The van der Waals surface area contributed by atoms with Crippen LogP contribution >= 0.6 is 11.3 Å². The molecule has 168 valence electrons. The highest BCUT2D eigenvalue weighted by atomic mass is 32.1. The van der Waals surface area contributed by atoms with Crippen molar-refractivity contribution in [3.05, 3.63) is 69.8 Å². The number of nitrogens with zero attached hydrogens (tertiary/aromatic N) is 5. The Balaban J connectivity index is 2.46. The van der Waals surface area contributed by atoms with Crippen molar-refractivity contribution < 1.29 is 24.1 Å². The van der Waals surface area contributed by atoms with E-state index in [0.717, 1.165) is 6.07 Å². The molecule has 1 aromatic carbocycles. The van der Waals surface area contributed by atoms with Crippen LogP contribution in [-0.2, 0) is 9.53 Å². The highest BCUT2D eigenvalue weighted by Gasteiger charge is 2.25. The van der Waals surface area contributed by atoms with Crippen LogP contribution < -0.4 is 9.64 Å². The van der Waals surface area contributed by atoms with E-state index < -0.39 is 33.1 Å². The number of benzene rings is 1. The Morgan fingerprint density at radius 3 is 2.41 bits per heavy atom. The zero-order valence-corrected chi connectivity index (χ0v) is 17.8. The molecule has 0 amide bonds. The molecule has 0 radical (unpaired) electrons. The summed E-state index contributed by atoms with van der Waals surface area (Å²) in [6.07, 6.45) is 3.41. The first-order chi connectivity index (χ1) is 15.3. The molecule has 0 unspecified atom stereocenters. The van der Waals surface area contributed by atoms with Crippen molar-refractivity contribution in [2.24, 2.45) is 10.2 Å². The normalized spacial score (nSPS) is 10.5. The molecule has 0 fully saturated rings. The van der Waals surface area contributed by atoms with Gasteiger partial charge in [0.15, 0.2) is 6.61 Å². The maximum absolute atomic E-state index is 11.5. The zero-order chi connectivity index (χ0) is 23.7. The molecule has 0 atom stereocenters. The van der Waals surface area contributed by atoms with Gasteiger partial charge in [-0.15, -0.1) is 23.4 Å². The second-order valence-electron chi connectivity index (χ2n) is 5.99. The second kappa shape index (κ2) is 11.3. The molecule has 0 aliphatic carbocycles. The second-order valence-corrected chi connectivity index (χ2v) is 7.00. The van der Waals surface area contributed by atoms with E-state index in [1.165, 1.54) is 7.11 Å². The fourth-order valence-corrected chi connectivity index (χ4v) is 3.20. The van der Waals surface area contributed by atoms with Crippen LogP contribution in [0.1, 0.15) is 0 Å². The van der Waals surface area contributed by atoms with Crippen molar-refractivity contribution in [3.8, 4) is 5.75 Å². The topological polar surface area (TPSA) is 150 Å².